The van der Waals surface area contributed by atoms with Gasteiger partial charge in [0.15, 0.2) is 17.9 Å². The molecule has 0 unspecified atom stereocenters. The second-order valence-corrected chi connectivity index (χ2v) is 7.53. The Bertz CT molecular complexity index is 947. The fraction of sp³-hybridized carbons (Fsp3) is 0.385. The third kappa shape index (κ3) is 7.15. The molecule has 0 spiro atoms. The summed E-state index contributed by atoms with van der Waals surface area (Å²) in [5.41, 5.74) is 0.773. The molecule has 0 aliphatic carbocycles. The number of carbonyl (C=O) groups is 4. The summed E-state index contributed by atoms with van der Waals surface area (Å²) < 4.78 is 10.2. The van der Waals surface area contributed by atoms with Crippen molar-refractivity contribution in [3.63, 3.8) is 0 Å². The van der Waals surface area contributed by atoms with Gasteiger partial charge in [-0.3, -0.25) is 14.4 Å². The number of carbonyl (C=O) groups excluding carboxylic acids is 4. The fourth-order valence-electron chi connectivity index (χ4n) is 3.26. The number of ether oxygens (including phenoxy) is 2. The maximum absolute atomic E-state index is 13.2. The van der Waals surface area contributed by atoms with Crippen LogP contribution >= 0.6 is 0 Å². The molecule has 2 rings (SSSR count). The normalized spacial score (nSPS) is 10.4. The van der Waals surface area contributed by atoms with Crippen molar-refractivity contribution >= 4 is 24.0 Å². The van der Waals surface area contributed by atoms with Crippen LogP contribution in [-0.4, -0.2) is 30.6 Å². The van der Waals surface area contributed by atoms with Crippen LogP contribution in [0.5, 0.6) is 5.75 Å². The van der Waals surface area contributed by atoms with Gasteiger partial charge in [-0.2, -0.15) is 0 Å². The van der Waals surface area contributed by atoms with Gasteiger partial charge in [-0.05, 0) is 31.0 Å². The molecule has 0 saturated heterocycles. The first-order valence-electron chi connectivity index (χ1n) is 11.1. The van der Waals surface area contributed by atoms with Crippen LogP contribution in [0.4, 0.5) is 4.79 Å². The van der Waals surface area contributed by atoms with E-state index in [2.05, 4.69) is 6.92 Å². The molecule has 0 amide bonds. The molecule has 0 aliphatic rings. The molecule has 6 nitrogen and oxygen atoms in total. The smallest absolute Gasteiger partial charge is 0.434 e. The Balaban J connectivity index is 2.32. The van der Waals surface area contributed by atoms with Crippen LogP contribution in [-0.2, 0) is 4.74 Å². The second kappa shape index (κ2) is 13.2. The van der Waals surface area contributed by atoms with Gasteiger partial charge in [0.2, 0.25) is 0 Å². The molecule has 0 fully saturated rings. The minimum absolute atomic E-state index is 0.0173. The lowest BCUT2D eigenvalue weighted by Crippen LogP contribution is -2.15. The number of ketones is 2. The summed E-state index contributed by atoms with van der Waals surface area (Å²) in [7, 11) is 0. The summed E-state index contributed by atoms with van der Waals surface area (Å²) in [5.74, 6) is -0.612. The standard InChI is InChI=1S/C26H30O6/c1-3-5-6-7-8-13-23(28)19-14-15-24(32-26(30)31-16-4-2)22(17-19)25(29)21-12-10-9-11-20(21)18-27/h9-12,14-15,17-18H,3-8,13,16H2,1-2H3. The highest BCUT2D eigenvalue weighted by molar-refractivity contribution is 6.15. The minimum atomic E-state index is -0.931. The molecule has 32 heavy (non-hydrogen) atoms. The molecule has 0 aromatic heterocycles. The number of rotatable bonds is 13. The number of benzene rings is 2. The summed E-state index contributed by atoms with van der Waals surface area (Å²) >= 11 is 0. The fourth-order valence-corrected chi connectivity index (χ4v) is 3.26. The van der Waals surface area contributed by atoms with Crippen LogP contribution in [0.25, 0.3) is 0 Å². The Morgan fingerprint density at radius 1 is 0.875 bits per heavy atom. The monoisotopic (exact) mass is 438 g/mol. The Kier molecular flexibility index (Phi) is 10.3. The summed E-state index contributed by atoms with van der Waals surface area (Å²) in [6.45, 7) is 4.17. The summed E-state index contributed by atoms with van der Waals surface area (Å²) in [6, 6.07) is 10.7. The molecular weight excluding hydrogens is 408 g/mol. The Labute approximate surface area is 188 Å². The molecule has 0 aliphatic heterocycles. The first-order chi connectivity index (χ1) is 15.5. The SMILES string of the molecule is CCCCCCCC(=O)c1ccc(OC(=O)OCCC)c(C(=O)c2ccccc2C=O)c1. The topological polar surface area (TPSA) is 86.7 Å². The van der Waals surface area contributed by atoms with Crippen LogP contribution in [0, 0.1) is 0 Å². The first-order valence-corrected chi connectivity index (χ1v) is 11.1. The number of hydrogen-bond donors (Lipinski definition) is 0. The lowest BCUT2D eigenvalue weighted by molar-refractivity contribution is 0.0967. The van der Waals surface area contributed by atoms with Crippen molar-refractivity contribution in [3.05, 3.63) is 64.7 Å². The molecule has 0 N–H and O–H groups in total. The molecule has 0 bridgehead atoms. The van der Waals surface area contributed by atoms with Gasteiger partial charge in [0, 0.05) is 23.1 Å². The van der Waals surface area contributed by atoms with Crippen LogP contribution < -0.4 is 4.74 Å². The van der Waals surface area contributed by atoms with Crippen molar-refractivity contribution in [2.75, 3.05) is 6.61 Å². The van der Waals surface area contributed by atoms with E-state index in [0.717, 1.165) is 32.1 Å². The Morgan fingerprint density at radius 2 is 1.62 bits per heavy atom. The zero-order chi connectivity index (χ0) is 23.3. The van der Waals surface area contributed by atoms with E-state index >= 15 is 0 Å². The number of aldehydes is 1. The van der Waals surface area contributed by atoms with Crippen molar-refractivity contribution in [2.45, 2.75) is 58.8 Å². The third-order valence-corrected chi connectivity index (χ3v) is 5.00. The van der Waals surface area contributed by atoms with Crippen LogP contribution in [0.15, 0.2) is 42.5 Å². The summed E-state index contributed by atoms with van der Waals surface area (Å²) in [4.78, 5) is 49.3. The molecule has 0 atom stereocenters. The second-order valence-electron chi connectivity index (χ2n) is 7.53. The molecule has 2 aromatic carbocycles. The third-order valence-electron chi connectivity index (χ3n) is 5.00. The van der Waals surface area contributed by atoms with Gasteiger partial charge in [0.05, 0.1) is 12.2 Å². The van der Waals surface area contributed by atoms with Gasteiger partial charge in [0.25, 0.3) is 0 Å². The van der Waals surface area contributed by atoms with Gasteiger partial charge in [-0.15, -0.1) is 0 Å². The molecular formula is C26H30O6. The number of unbranched alkanes of at least 4 members (excludes halogenated alkanes) is 4. The van der Waals surface area contributed by atoms with Gasteiger partial charge in [-0.25, -0.2) is 4.79 Å². The van der Waals surface area contributed by atoms with Crippen LogP contribution in [0.3, 0.4) is 0 Å². The highest BCUT2D eigenvalue weighted by Gasteiger charge is 2.22. The summed E-state index contributed by atoms with van der Waals surface area (Å²) in [6.07, 6.45) is 5.77. The molecule has 2 aromatic rings. The largest absolute Gasteiger partial charge is 0.513 e. The van der Waals surface area contributed by atoms with E-state index in [9.17, 15) is 19.2 Å². The van der Waals surface area contributed by atoms with Crippen molar-refractivity contribution < 1.29 is 28.7 Å². The van der Waals surface area contributed by atoms with Crippen LogP contribution in [0.1, 0.15) is 95.4 Å². The number of Topliss-reactive ketones (excluding diaryl/α,β-unsaturated/α-hetero) is 1. The maximum Gasteiger partial charge on any atom is 0.513 e. The zero-order valence-corrected chi connectivity index (χ0v) is 18.7. The zero-order valence-electron chi connectivity index (χ0n) is 18.7. The van der Waals surface area contributed by atoms with Gasteiger partial charge in [-0.1, -0.05) is 63.8 Å². The van der Waals surface area contributed by atoms with E-state index in [-0.39, 0.29) is 34.8 Å². The van der Waals surface area contributed by atoms with Crippen molar-refractivity contribution in [3.8, 4) is 5.75 Å². The average Bonchev–Trinajstić information content (AvgIpc) is 2.82. The highest BCUT2D eigenvalue weighted by Crippen LogP contribution is 2.26. The first kappa shape index (κ1) is 25.0. The van der Waals surface area contributed by atoms with E-state index in [4.69, 9.17) is 9.47 Å². The van der Waals surface area contributed by atoms with E-state index in [1.54, 1.807) is 18.2 Å². The molecule has 0 heterocycles. The van der Waals surface area contributed by atoms with Crippen molar-refractivity contribution in [2.24, 2.45) is 0 Å². The van der Waals surface area contributed by atoms with E-state index in [1.165, 1.54) is 24.3 Å². The van der Waals surface area contributed by atoms with E-state index in [1.807, 2.05) is 6.92 Å². The molecule has 170 valence electrons. The van der Waals surface area contributed by atoms with E-state index < -0.39 is 11.9 Å². The predicted molar refractivity (Wildman–Crippen MR) is 122 cm³/mol. The number of hydrogen-bond acceptors (Lipinski definition) is 6. The molecule has 0 radical (unpaired) electrons. The molecule has 0 saturated carbocycles. The van der Waals surface area contributed by atoms with E-state index in [0.29, 0.717) is 24.7 Å². The quantitative estimate of drug-likeness (QED) is 0.122. The summed E-state index contributed by atoms with van der Waals surface area (Å²) in [5, 5.41) is 0. The van der Waals surface area contributed by atoms with Crippen molar-refractivity contribution in [1.29, 1.82) is 0 Å². The lowest BCUT2D eigenvalue weighted by Gasteiger charge is -2.12. The predicted octanol–water partition coefficient (Wildman–Crippen LogP) is 6.20. The highest BCUT2D eigenvalue weighted by atomic mass is 16.7. The molecule has 6 heteroatoms. The van der Waals surface area contributed by atoms with Gasteiger partial charge in [0.1, 0.15) is 5.75 Å². The van der Waals surface area contributed by atoms with Gasteiger partial charge >= 0.3 is 6.16 Å². The maximum atomic E-state index is 13.2. The minimum Gasteiger partial charge on any atom is -0.434 e. The van der Waals surface area contributed by atoms with Crippen molar-refractivity contribution in [1.82, 2.24) is 0 Å². The van der Waals surface area contributed by atoms with Gasteiger partial charge < -0.3 is 9.47 Å². The average molecular weight is 439 g/mol. The Hall–Kier alpha value is -3.28. The van der Waals surface area contributed by atoms with Crippen LogP contribution in [0.2, 0.25) is 0 Å². The lowest BCUT2D eigenvalue weighted by atomic mass is 9.95. The Morgan fingerprint density at radius 3 is 2.34 bits per heavy atom.